The van der Waals surface area contributed by atoms with Crippen LogP contribution >= 0.6 is 0 Å². The minimum atomic E-state index is 0.580. The highest BCUT2D eigenvalue weighted by Crippen LogP contribution is 2.02. The van der Waals surface area contributed by atoms with E-state index in [-0.39, 0.29) is 0 Å². The third-order valence-corrected chi connectivity index (χ3v) is 2.14. The minimum absolute atomic E-state index is 0.580. The molecule has 0 aliphatic heterocycles. The molecule has 0 aromatic carbocycles. The molecule has 0 radical (unpaired) electrons. The van der Waals surface area contributed by atoms with Gasteiger partial charge in [-0.1, -0.05) is 13.8 Å². The molecule has 3 heteroatoms. The quantitative estimate of drug-likeness (QED) is 0.610. The van der Waals surface area contributed by atoms with Gasteiger partial charge in [-0.3, -0.25) is 4.90 Å². The first kappa shape index (κ1) is 12.9. The number of nitrogens with zero attached hydrogens (tertiary/aromatic N) is 1. The summed E-state index contributed by atoms with van der Waals surface area (Å²) in [6.07, 6.45) is 0. The van der Waals surface area contributed by atoms with Crippen LogP contribution in [0.5, 0.6) is 0 Å². The Labute approximate surface area is 82.7 Å². The molecule has 0 aliphatic carbocycles. The molecule has 3 N–H and O–H groups in total. The van der Waals surface area contributed by atoms with Gasteiger partial charge in [-0.05, 0) is 19.9 Å². The summed E-state index contributed by atoms with van der Waals surface area (Å²) in [5.41, 5.74) is 5.58. The molecule has 80 valence electrons. The molecule has 0 spiro atoms. The van der Waals surface area contributed by atoms with E-state index in [1.165, 1.54) is 0 Å². The fraction of sp³-hybridized carbons (Fsp3) is 1.00. The largest absolute Gasteiger partial charge is 0.329 e. The monoisotopic (exact) mass is 187 g/mol. The van der Waals surface area contributed by atoms with Gasteiger partial charge in [0.05, 0.1) is 0 Å². The zero-order valence-corrected chi connectivity index (χ0v) is 9.51. The molecule has 0 heterocycles. The van der Waals surface area contributed by atoms with Gasteiger partial charge in [0.15, 0.2) is 0 Å². The van der Waals surface area contributed by atoms with Gasteiger partial charge in [-0.15, -0.1) is 0 Å². The summed E-state index contributed by atoms with van der Waals surface area (Å²) in [6, 6.07) is 0.580. The lowest BCUT2D eigenvalue weighted by Gasteiger charge is -2.30. The molecule has 0 fully saturated rings. The highest BCUT2D eigenvalue weighted by Gasteiger charge is 2.12. The maximum Gasteiger partial charge on any atom is 0.0192 e. The van der Waals surface area contributed by atoms with Crippen molar-refractivity contribution in [1.82, 2.24) is 10.2 Å². The second-order valence-corrected chi connectivity index (χ2v) is 4.08. The van der Waals surface area contributed by atoms with Gasteiger partial charge in [0.25, 0.3) is 0 Å². The highest BCUT2D eigenvalue weighted by molar-refractivity contribution is 4.70. The zero-order valence-electron chi connectivity index (χ0n) is 9.51. The summed E-state index contributed by atoms with van der Waals surface area (Å²) in [5.74, 6) is 0.714. The van der Waals surface area contributed by atoms with E-state index in [2.05, 4.69) is 31.0 Å². The van der Waals surface area contributed by atoms with E-state index >= 15 is 0 Å². The fourth-order valence-electron chi connectivity index (χ4n) is 1.55. The summed E-state index contributed by atoms with van der Waals surface area (Å²) >= 11 is 0. The first-order valence-electron chi connectivity index (χ1n) is 5.20. The van der Waals surface area contributed by atoms with Crippen molar-refractivity contribution in [2.45, 2.75) is 26.8 Å². The average Bonchev–Trinajstić information content (AvgIpc) is 2.03. The van der Waals surface area contributed by atoms with E-state index in [0.717, 1.165) is 26.2 Å². The lowest BCUT2D eigenvalue weighted by Crippen LogP contribution is -2.43. The second-order valence-electron chi connectivity index (χ2n) is 4.08. The molecule has 0 aliphatic rings. The van der Waals surface area contributed by atoms with Gasteiger partial charge >= 0.3 is 0 Å². The van der Waals surface area contributed by atoms with Crippen LogP contribution in [0.15, 0.2) is 0 Å². The third-order valence-electron chi connectivity index (χ3n) is 2.14. The Balaban J connectivity index is 3.90. The van der Waals surface area contributed by atoms with Crippen molar-refractivity contribution in [3.8, 4) is 0 Å². The maximum atomic E-state index is 5.58. The third kappa shape index (κ3) is 6.02. The van der Waals surface area contributed by atoms with Crippen LogP contribution in [0, 0.1) is 5.92 Å². The van der Waals surface area contributed by atoms with Gasteiger partial charge < -0.3 is 11.1 Å². The summed E-state index contributed by atoms with van der Waals surface area (Å²) in [7, 11) is 1.99. The summed E-state index contributed by atoms with van der Waals surface area (Å²) < 4.78 is 0. The fourth-order valence-corrected chi connectivity index (χ4v) is 1.55. The summed E-state index contributed by atoms with van der Waals surface area (Å²) in [6.45, 7) is 10.7. The summed E-state index contributed by atoms with van der Waals surface area (Å²) in [4.78, 5) is 2.45. The molecule has 0 aromatic heterocycles. The number of likely N-dealkylation sites (N-methyl/N-ethyl adjacent to an activating group) is 1. The van der Waals surface area contributed by atoms with Crippen LogP contribution in [-0.4, -0.2) is 44.2 Å². The average molecular weight is 187 g/mol. The lowest BCUT2D eigenvalue weighted by atomic mass is 10.1. The number of hydrogen-bond donors (Lipinski definition) is 2. The van der Waals surface area contributed by atoms with Crippen LogP contribution < -0.4 is 11.1 Å². The Morgan fingerprint density at radius 3 is 2.31 bits per heavy atom. The van der Waals surface area contributed by atoms with Gasteiger partial charge in [-0.25, -0.2) is 0 Å². The van der Waals surface area contributed by atoms with Gasteiger partial charge in [0.1, 0.15) is 0 Å². The number of nitrogens with one attached hydrogen (secondary N) is 1. The first-order chi connectivity index (χ1) is 6.11. The Kier molecular flexibility index (Phi) is 7.23. The van der Waals surface area contributed by atoms with Crippen molar-refractivity contribution in [3.05, 3.63) is 0 Å². The van der Waals surface area contributed by atoms with Crippen molar-refractivity contribution in [2.75, 3.05) is 33.2 Å². The summed E-state index contributed by atoms with van der Waals surface area (Å²) in [5, 5.41) is 3.20. The predicted octanol–water partition coefficient (Wildman–Crippen LogP) is 0.511. The van der Waals surface area contributed by atoms with E-state index in [0.29, 0.717) is 12.0 Å². The van der Waals surface area contributed by atoms with Crippen LogP contribution in [0.1, 0.15) is 20.8 Å². The molecule has 1 unspecified atom stereocenters. The van der Waals surface area contributed by atoms with Crippen molar-refractivity contribution in [3.63, 3.8) is 0 Å². The topological polar surface area (TPSA) is 41.3 Å². The molecular formula is C10H25N3. The van der Waals surface area contributed by atoms with Crippen LogP contribution in [-0.2, 0) is 0 Å². The van der Waals surface area contributed by atoms with Gasteiger partial charge in [-0.2, -0.15) is 0 Å². The standard InChI is InChI=1S/C10H25N3/c1-9(2)8-13(6-5-11)10(3)7-12-4/h9-10,12H,5-8,11H2,1-4H3. The molecule has 0 amide bonds. The van der Waals surface area contributed by atoms with E-state index in [1.807, 2.05) is 7.05 Å². The van der Waals surface area contributed by atoms with Crippen molar-refractivity contribution in [2.24, 2.45) is 11.7 Å². The van der Waals surface area contributed by atoms with Crippen LogP contribution in [0.3, 0.4) is 0 Å². The SMILES string of the molecule is CNCC(C)N(CCN)CC(C)C. The number of hydrogen-bond acceptors (Lipinski definition) is 3. The Hall–Kier alpha value is -0.120. The Bertz CT molecular complexity index is 115. The molecule has 0 aromatic rings. The smallest absolute Gasteiger partial charge is 0.0192 e. The predicted molar refractivity (Wildman–Crippen MR) is 58.9 cm³/mol. The van der Waals surface area contributed by atoms with Crippen molar-refractivity contribution in [1.29, 1.82) is 0 Å². The van der Waals surface area contributed by atoms with E-state index < -0.39 is 0 Å². The minimum Gasteiger partial charge on any atom is -0.329 e. The number of rotatable bonds is 7. The molecule has 13 heavy (non-hydrogen) atoms. The van der Waals surface area contributed by atoms with Gasteiger partial charge in [0, 0.05) is 32.2 Å². The first-order valence-corrected chi connectivity index (χ1v) is 5.20. The van der Waals surface area contributed by atoms with Gasteiger partial charge in [0.2, 0.25) is 0 Å². The van der Waals surface area contributed by atoms with E-state index in [4.69, 9.17) is 5.73 Å². The number of nitrogens with two attached hydrogens (primary N) is 1. The van der Waals surface area contributed by atoms with Crippen molar-refractivity contribution < 1.29 is 0 Å². The molecule has 0 saturated carbocycles. The van der Waals surface area contributed by atoms with Crippen molar-refractivity contribution >= 4 is 0 Å². The molecule has 0 rings (SSSR count). The Morgan fingerprint density at radius 2 is 1.92 bits per heavy atom. The molecule has 0 bridgehead atoms. The van der Waals surface area contributed by atoms with E-state index in [9.17, 15) is 0 Å². The molecule has 3 nitrogen and oxygen atoms in total. The Morgan fingerprint density at radius 1 is 1.31 bits per heavy atom. The van der Waals surface area contributed by atoms with Crippen LogP contribution in [0.4, 0.5) is 0 Å². The molecule has 0 saturated heterocycles. The second kappa shape index (κ2) is 7.30. The molecule has 1 atom stereocenters. The van der Waals surface area contributed by atoms with Crippen LogP contribution in [0.25, 0.3) is 0 Å². The normalized spacial score (nSPS) is 14.1. The lowest BCUT2D eigenvalue weighted by molar-refractivity contribution is 0.190. The maximum absolute atomic E-state index is 5.58. The van der Waals surface area contributed by atoms with Crippen LogP contribution in [0.2, 0.25) is 0 Å². The molecular weight excluding hydrogens is 162 g/mol. The van der Waals surface area contributed by atoms with E-state index in [1.54, 1.807) is 0 Å². The zero-order chi connectivity index (χ0) is 10.3. The highest BCUT2D eigenvalue weighted by atomic mass is 15.2.